The first-order valence-electron chi connectivity index (χ1n) is 2.58. The van der Waals surface area contributed by atoms with Crippen LogP contribution in [0, 0.1) is 0 Å². The maximum Gasteiger partial charge on any atom is 0.170 e. The van der Waals surface area contributed by atoms with Gasteiger partial charge in [-0.3, -0.25) is 0 Å². The van der Waals surface area contributed by atoms with Crippen molar-refractivity contribution in [3.63, 3.8) is 0 Å². The Bertz CT molecular complexity index is 275. The number of hydrogen-bond acceptors (Lipinski definition) is 2. The van der Waals surface area contributed by atoms with Crippen molar-refractivity contribution in [2.24, 2.45) is 0 Å². The first-order chi connectivity index (χ1) is 5.16. The summed E-state index contributed by atoms with van der Waals surface area (Å²) in [4.78, 5) is 0. The van der Waals surface area contributed by atoms with Gasteiger partial charge in [-0.1, -0.05) is 34.8 Å². The molecule has 0 aliphatic carbocycles. The summed E-state index contributed by atoms with van der Waals surface area (Å²) in [7, 11) is 0. The topological polar surface area (TPSA) is 25.8 Å². The molecule has 0 saturated heterocycles. The molecule has 0 atom stereocenters. The molecule has 1 aromatic heterocycles. The van der Waals surface area contributed by atoms with E-state index in [0.717, 1.165) is 0 Å². The first-order valence-corrected chi connectivity index (χ1v) is 4.25. The van der Waals surface area contributed by atoms with E-state index in [9.17, 15) is 0 Å². The Hall–Kier alpha value is 0.240. The third kappa shape index (κ3) is 1.88. The van der Waals surface area contributed by atoms with Crippen LogP contribution in [0.1, 0.15) is 5.56 Å². The molecule has 1 heterocycles. The molecule has 0 fully saturated rings. The van der Waals surface area contributed by atoms with E-state index >= 15 is 0 Å². The lowest BCUT2D eigenvalue weighted by molar-refractivity contribution is 1.01. The van der Waals surface area contributed by atoms with Gasteiger partial charge in [0.1, 0.15) is 0 Å². The van der Waals surface area contributed by atoms with E-state index in [0.29, 0.717) is 5.56 Å². The van der Waals surface area contributed by atoms with E-state index in [2.05, 4.69) is 10.2 Å². The molecule has 2 nitrogen and oxygen atoms in total. The number of aromatic nitrogens is 2. The summed E-state index contributed by atoms with van der Waals surface area (Å²) in [6, 6.07) is 0. The Morgan fingerprint density at radius 1 is 1.00 bits per heavy atom. The van der Waals surface area contributed by atoms with Crippen LogP contribution >= 0.6 is 46.4 Å². The molecular formula is C5H2Cl4N2. The number of alkyl halides is 1. The standard InChI is InChI=1S/C5H2Cl4N2/c6-1-2-3(7)5(9)11-10-4(2)8/h1H2. The van der Waals surface area contributed by atoms with Gasteiger partial charge < -0.3 is 0 Å². The molecule has 6 heteroatoms. The van der Waals surface area contributed by atoms with Crippen molar-refractivity contribution in [1.29, 1.82) is 0 Å². The second-order valence-electron chi connectivity index (χ2n) is 1.71. The highest BCUT2D eigenvalue weighted by Crippen LogP contribution is 2.28. The van der Waals surface area contributed by atoms with Gasteiger partial charge in [0.15, 0.2) is 10.3 Å². The van der Waals surface area contributed by atoms with Crippen LogP contribution in [0.25, 0.3) is 0 Å². The van der Waals surface area contributed by atoms with Crippen molar-refractivity contribution in [3.05, 3.63) is 20.9 Å². The van der Waals surface area contributed by atoms with Crippen LogP contribution < -0.4 is 0 Å². The Morgan fingerprint density at radius 3 is 2.00 bits per heavy atom. The Morgan fingerprint density at radius 2 is 1.55 bits per heavy atom. The van der Waals surface area contributed by atoms with E-state index < -0.39 is 0 Å². The molecule has 0 N–H and O–H groups in total. The van der Waals surface area contributed by atoms with Crippen molar-refractivity contribution >= 4 is 46.4 Å². The quantitative estimate of drug-likeness (QED) is 0.694. The fraction of sp³-hybridized carbons (Fsp3) is 0.200. The largest absolute Gasteiger partial charge is 0.170 e. The zero-order valence-electron chi connectivity index (χ0n) is 5.11. The second-order valence-corrected chi connectivity index (χ2v) is 3.07. The third-order valence-corrected chi connectivity index (χ3v) is 2.39. The highest BCUT2D eigenvalue weighted by molar-refractivity contribution is 6.43. The molecule has 0 radical (unpaired) electrons. The number of rotatable bonds is 1. The molecule has 0 aromatic carbocycles. The SMILES string of the molecule is ClCc1c(Cl)nnc(Cl)c1Cl. The van der Waals surface area contributed by atoms with Crippen molar-refractivity contribution in [2.45, 2.75) is 5.88 Å². The second kappa shape index (κ2) is 3.76. The predicted octanol–water partition coefficient (Wildman–Crippen LogP) is 3.18. The minimum atomic E-state index is 0.117. The van der Waals surface area contributed by atoms with Gasteiger partial charge in [-0.25, -0.2) is 0 Å². The van der Waals surface area contributed by atoms with Crippen LogP contribution in [0.15, 0.2) is 0 Å². The predicted molar refractivity (Wildman–Crippen MR) is 46.6 cm³/mol. The van der Waals surface area contributed by atoms with Crippen molar-refractivity contribution in [2.75, 3.05) is 0 Å². The molecule has 0 aliphatic heterocycles. The van der Waals surface area contributed by atoms with Crippen LogP contribution in [0.3, 0.4) is 0 Å². The molecule has 0 aliphatic rings. The molecule has 0 spiro atoms. The summed E-state index contributed by atoms with van der Waals surface area (Å²) >= 11 is 22.4. The summed E-state index contributed by atoms with van der Waals surface area (Å²) in [6.45, 7) is 0. The summed E-state index contributed by atoms with van der Waals surface area (Å²) in [5.41, 5.74) is 0.509. The van der Waals surface area contributed by atoms with E-state index in [1.54, 1.807) is 0 Å². The lowest BCUT2D eigenvalue weighted by Gasteiger charge is -2.00. The Labute approximate surface area is 83.4 Å². The minimum Gasteiger partial charge on any atom is -0.137 e. The summed E-state index contributed by atoms with van der Waals surface area (Å²) in [6.07, 6.45) is 0. The zero-order valence-corrected chi connectivity index (χ0v) is 8.14. The molecule has 1 aromatic rings. The van der Waals surface area contributed by atoms with E-state index in [-0.39, 0.29) is 21.2 Å². The molecule has 0 saturated carbocycles. The lowest BCUT2D eigenvalue weighted by Crippen LogP contribution is -1.91. The first kappa shape index (κ1) is 9.33. The summed E-state index contributed by atoms with van der Waals surface area (Å²) in [5.74, 6) is 0.174. The number of nitrogens with zero attached hydrogens (tertiary/aromatic N) is 2. The van der Waals surface area contributed by atoms with Crippen LogP contribution in [0.5, 0.6) is 0 Å². The Kier molecular flexibility index (Phi) is 3.19. The van der Waals surface area contributed by atoms with Gasteiger partial charge in [0.2, 0.25) is 0 Å². The van der Waals surface area contributed by atoms with Crippen LogP contribution in [-0.4, -0.2) is 10.2 Å². The molecule has 0 bridgehead atoms. The van der Waals surface area contributed by atoms with Crippen LogP contribution in [0.2, 0.25) is 15.3 Å². The van der Waals surface area contributed by atoms with Gasteiger partial charge in [0, 0.05) is 5.56 Å². The Balaban J connectivity index is 3.29. The van der Waals surface area contributed by atoms with Gasteiger partial charge in [0.25, 0.3) is 0 Å². The highest BCUT2D eigenvalue weighted by Gasteiger charge is 2.10. The highest BCUT2D eigenvalue weighted by atomic mass is 35.5. The van der Waals surface area contributed by atoms with Crippen molar-refractivity contribution in [3.8, 4) is 0 Å². The monoisotopic (exact) mass is 230 g/mol. The van der Waals surface area contributed by atoms with Gasteiger partial charge in [-0.15, -0.1) is 21.8 Å². The van der Waals surface area contributed by atoms with E-state index in [1.807, 2.05) is 0 Å². The van der Waals surface area contributed by atoms with Crippen molar-refractivity contribution < 1.29 is 0 Å². The van der Waals surface area contributed by atoms with Gasteiger partial charge in [-0.05, 0) is 0 Å². The molecular weight excluding hydrogens is 230 g/mol. The number of halogens is 4. The van der Waals surface area contributed by atoms with E-state index in [1.165, 1.54) is 0 Å². The van der Waals surface area contributed by atoms with Gasteiger partial charge in [0.05, 0.1) is 10.9 Å². The van der Waals surface area contributed by atoms with Gasteiger partial charge >= 0.3 is 0 Å². The summed E-state index contributed by atoms with van der Waals surface area (Å²) < 4.78 is 0. The molecule has 0 amide bonds. The molecule has 11 heavy (non-hydrogen) atoms. The normalized spacial score (nSPS) is 10.2. The van der Waals surface area contributed by atoms with Crippen molar-refractivity contribution in [1.82, 2.24) is 10.2 Å². The molecule has 1 rings (SSSR count). The fourth-order valence-corrected chi connectivity index (χ4v) is 1.51. The minimum absolute atomic E-state index is 0.117. The zero-order chi connectivity index (χ0) is 8.43. The average Bonchev–Trinajstić information content (AvgIpc) is 1.99. The summed E-state index contributed by atoms with van der Waals surface area (Å²) in [5, 5.41) is 7.58. The maximum absolute atomic E-state index is 5.70. The average molecular weight is 232 g/mol. The smallest absolute Gasteiger partial charge is 0.137 e. The maximum atomic E-state index is 5.70. The van der Waals surface area contributed by atoms with E-state index in [4.69, 9.17) is 46.4 Å². The third-order valence-electron chi connectivity index (χ3n) is 1.05. The molecule has 60 valence electrons. The fourth-order valence-electron chi connectivity index (χ4n) is 0.521. The lowest BCUT2D eigenvalue weighted by atomic mass is 10.3. The number of hydrogen-bond donors (Lipinski definition) is 0. The molecule has 0 unspecified atom stereocenters. The van der Waals surface area contributed by atoms with Crippen LogP contribution in [-0.2, 0) is 5.88 Å². The van der Waals surface area contributed by atoms with Crippen LogP contribution in [0.4, 0.5) is 0 Å². The van der Waals surface area contributed by atoms with Gasteiger partial charge in [-0.2, -0.15) is 0 Å².